The lowest BCUT2D eigenvalue weighted by atomic mass is 10.2. The molecule has 0 bridgehead atoms. The van der Waals surface area contributed by atoms with Gasteiger partial charge in [-0.05, 0) is 42.5 Å². The number of H-pyrrole nitrogens is 1. The number of pyridine rings is 1. The van der Waals surface area contributed by atoms with E-state index >= 15 is 0 Å². The third kappa shape index (κ3) is 3.60. The Morgan fingerprint density at radius 3 is 2.79 bits per heavy atom. The third-order valence-electron chi connectivity index (χ3n) is 5.01. The SMILES string of the molecule is O=C1C=C(Nc2ccc(N3CCOCC3)cc2)O/C1=C\c1c[nH]c2ncccc12. The quantitative estimate of drug-likeness (QED) is 0.668. The number of hydrogen-bond acceptors (Lipinski definition) is 6. The summed E-state index contributed by atoms with van der Waals surface area (Å²) in [6.07, 6.45) is 6.74. The van der Waals surface area contributed by atoms with Gasteiger partial charge in [-0.15, -0.1) is 0 Å². The summed E-state index contributed by atoms with van der Waals surface area (Å²) in [6.45, 7) is 3.30. The number of nitrogens with zero attached hydrogens (tertiary/aromatic N) is 2. The second kappa shape index (κ2) is 7.44. The predicted octanol–water partition coefficient (Wildman–Crippen LogP) is 3.29. The zero-order chi connectivity index (χ0) is 19.6. The molecule has 146 valence electrons. The first kappa shape index (κ1) is 17.5. The van der Waals surface area contributed by atoms with E-state index in [1.807, 2.05) is 30.5 Å². The minimum absolute atomic E-state index is 0.171. The molecule has 7 nitrogen and oxygen atoms in total. The van der Waals surface area contributed by atoms with Crippen LogP contribution in [0.2, 0.25) is 0 Å². The molecule has 1 fully saturated rings. The van der Waals surface area contributed by atoms with E-state index in [0.717, 1.165) is 54.3 Å². The number of carbonyl (C=O) groups is 1. The maximum absolute atomic E-state index is 12.3. The lowest BCUT2D eigenvalue weighted by Gasteiger charge is -2.28. The average Bonchev–Trinajstić information content (AvgIpc) is 3.33. The third-order valence-corrected chi connectivity index (χ3v) is 5.01. The molecule has 4 heterocycles. The molecule has 2 aliphatic heterocycles. The van der Waals surface area contributed by atoms with Gasteiger partial charge >= 0.3 is 0 Å². The van der Waals surface area contributed by atoms with Crippen LogP contribution >= 0.6 is 0 Å². The molecule has 5 rings (SSSR count). The lowest BCUT2D eigenvalue weighted by Crippen LogP contribution is -2.36. The molecule has 0 atom stereocenters. The molecule has 1 aromatic carbocycles. The van der Waals surface area contributed by atoms with Crippen LogP contribution < -0.4 is 10.2 Å². The van der Waals surface area contributed by atoms with Crippen molar-refractivity contribution in [3.05, 3.63) is 72.1 Å². The van der Waals surface area contributed by atoms with Gasteiger partial charge in [0.2, 0.25) is 11.7 Å². The molecule has 29 heavy (non-hydrogen) atoms. The van der Waals surface area contributed by atoms with Gasteiger partial charge in [0, 0.05) is 47.8 Å². The zero-order valence-electron chi connectivity index (χ0n) is 15.7. The van der Waals surface area contributed by atoms with Gasteiger partial charge in [-0.25, -0.2) is 4.98 Å². The molecule has 0 unspecified atom stereocenters. The number of allylic oxidation sites excluding steroid dienone is 1. The summed E-state index contributed by atoms with van der Waals surface area (Å²) in [7, 11) is 0. The molecule has 0 spiro atoms. The van der Waals surface area contributed by atoms with E-state index in [-0.39, 0.29) is 11.5 Å². The summed E-state index contributed by atoms with van der Waals surface area (Å²) in [5.41, 5.74) is 3.65. The van der Waals surface area contributed by atoms with E-state index in [4.69, 9.17) is 9.47 Å². The summed E-state index contributed by atoms with van der Waals surface area (Å²) in [5.74, 6) is 0.524. The van der Waals surface area contributed by atoms with E-state index in [1.54, 1.807) is 12.3 Å². The highest BCUT2D eigenvalue weighted by atomic mass is 16.5. The number of ether oxygens (including phenoxy) is 2. The summed E-state index contributed by atoms with van der Waals surface area (Å²) in [6, 6.07) is 11.9. The van der Waals surface area contributed by atoms with Crippen LogP contribution in [0, 0.1) is 0 Å². The number of ketones is 1. The topological polar surface area (TPSA) is 79.5 Å². The molecule has 0 radical (unpaired) electrons. The molecule has 2 aromatic heterocycles. The van der Waals surface area contributed by atoms with Crippen LogP contribution in [-0.4, -0.2) is 42.1 Å². The summed E-state index contributed by atoms with van der Waals surface area (Å²) in [4.78, 5) is 22.0. The molecular weight excluding hydrogens is 368 g/mol. The Morgan fingerprint density at radius 2 is 1.97 bits per heavy atom. The summed E-state index contributed by atoms with van der Waals surface area (Å²) < 4.78 is 11.1. The van der Waals surface area contributed by atoms with Crippen LogP contribution in [0.15, 0.2) is 66.5 Å². The number of benzene rings is 1. The number of aromatic nitrogens is 2. The highest BCUT2D eigenvalue weighted by Crippen LogP contribution is 2.26. The number of carbonyl (C=O) groups excluding carboxylic acids is 1. The predicted molar refractivity (Wildman–Crippen MR) is 111 cm³/mol. The van der Waals surface area contributed by atoms with Crippen LogP contribution in [-0.2, 0) is 14.3 Å². The van der Waals surface area contributed by atoms with Crippen LogP contribution in [0.3, 0.4) is 0 Å². The van der Waals surface area contributed by atoms with E-state index in [1.165, 1.54) is 6.08 Å². The number of aromatic amines is 1. The normalized spacial score (nSPS) is 18.2. The maximum atomic E-state index is 12.3. The fraction of sp³-hybridized carbons (Fsp3) is 0.182. The smallest absolute Gasteiger partial charge is 0.226 e. The zero-order valence-corrected chi connectivity index (χ0v) is 15.7. The van der Waals surface area contributed by atoms with Crippen molar-refractivity contribution < 1.29 is 14.3 Å². The molecule has 2 N–H and O–H groups in total. The Balaban J connectivity index is 1.28. The Labute approximate surface area is 167 Å². The van der Waals surface area contributed by atoms with Gasteiger partial charge in [0.05, 0.1) is 19.3 Å². The fourth-order valence-corrected chi connectivity index (χ4v) is 3.51. The van der Waals surface area contributed by atoms with Crippen molar-refractivity contribution in [3.8, 4) is 0 Å². The highest BCUT2D eigenvalue weighted by molar-refractivity contribution is 6.09. The fourth-order valence-electron chi connectivity index (χ4n) is 3.51. The highest BCUT2D eigenvalue weighted by Gasteiger charge is 2.21. The minimum Gasteiger partial charge on any atom is -0.437 e. The Hall–Kier alpha value is -3.58. The first-order chi connectivity index (χ1) is 14.3. The van der Waals surface area contributed by atoms with Crippen molar-refractivity contribution in [2.75, 3.05) is 36.5 Å². The Morgan fingerprint density at radius 1 is 1.14 bits per heavy atom. The maximum Gasteiger partial charge on any atom is 0.226 e. The van der Waals surface area contributed by atoms with E-state index in [2.05, 4.69) is 32.3 Å². The number of hydrogen-bond donors (Lipinski definition) is 2. The molecule has 7 heteroatoms. The second-order valence-electron chi connectivity index (χ2n) is 6.90. The minimum atomic E-state index is -0.171. The first-order valence-corrected chi connectivity index (χ1v) is 9.54. The molecule has 0 saturated carbocycles. The van der Waals surface area contributed by atoms with E-state index < -0.39 is 0 Å². The number of rotatable bonds is 4. The van der Waals surface area contributed by atoms with Gasteiger partial charge < -0.3 is 24.7 Å². The lowest BCUT2D eigenvalue weighted by molar-refractivity contribution is -0.112. The van der Waals surface area contributed by atoms with Crippen molar-refractivity contribution in [1.82, 2.24) is 9.97 Å². The Bertz CT molecular complexity index is 1110. The van der Waals surface area contributed by atoms with Crippen LogP contribution in [0.5, 0.6) is 0 Å². The Kier molecular flexibility index (Phi) is 4.50. The molecule has 0 aliphatic carbocycles. The molecule has 2 aliphatic rings. The standard InChI is InChI=1S/C22H20N4O3/c27-19-13-21(25-16-3-5-17(6-4-16)26-8-10-28-11-9-26)29-20(19)12-15-14-24-22-18(15)2-1-7-23-22/h1-7,12-14,25H,8-11H2,(H,23,24)/b20-12-. The van der Waals surface area contributed by atoms with Gasteiger partial charge in [-0.2, -0.15) is 0 Å². The van der Waals surface area contributed by atoms with Gasteiger partial charge in [0.25, 0.3) is 0 Å². The molecule has 1 saturated heterocycles. The van der Waals surface area contributed by atoms with Crippen molar-refractivity contribution in [2.24, 2.45) is 0 Å². The summed E-state index contributed by atoms with van der Waals surface area (Å²) >= 11 is 0. The van der Waals surface area contributed by atoms with Crippen LogP contribution in [0.25, 0.3) is 17.1 Å². The van der Waals surface area contributed by atoms with Crippen molar-refractivity contribution in [1.29, 1.82) is 0 Å². The van der Waals surface area contributed by atoms with Crippen LogP contribution in [0.4, 0.5) is 11.4 Å². The van der Waals surface area contributed by atoms with Crippen LogP contribution in [0.1, 0.15) is 5.56 Å². The second-order valence-corrected chi connectivity index (χ2v) is 6.90. The molecule has 0 amide bonds. The largest absolute Gasteiger partial charge is 0.437 e. The molecular formula is C22H20N4O3. The van der Waals surface area contributed by atoms with E-state index in [0.29, 0.717) is 5.88 Å². The summed E-state index contributed by atoms with van der Waals surface area (Å²) in [5, 5.41) is 4.10. The van der Waals surface area contributed by atoms with Gasteiger partial charge in [0.15, 0.2) is 5.76 Å². The van der Waals surface area contributed by atoms with Crippen molar-refractivity contribution in [2.45, 2.75) is 0 Å². The molecule has 3 aromatic rings. The number of nitrogens with one attached hydrogen (secondary N) is 2. The average molecular weight is 388 g/mol. The van der Waals surface area contributed by atoms with Crippen molar-refractivity contribution >= 4 is 34.3 Å². The van der Waals surface area contributed by atoms with E-state index in [9.17, 15) is 4.79 Å². The van der Waals surface area contributed by atoms with Gasteiger partial charge in [0.1, 0.15) is 5.65 Å². The number of fused-ring (bicyclic) bond motifs is 1. The van der Waals surface area contributed by atoms with Gasteiger partial charge in [-0.1, -0.05) is 0 Å². The van der Waals surface area contributed by atoms with Gasteiger partial charge in [-0.3, -0.25) is 4.79 Å². The monoisotopic (exact) mass is 388 g/mol. The number of anilines is 2. The number of morpholine rings is 1. The first-order valence-electron chi connectivity index (χ1n) is 9.54. The van der Waals surface area contributed by atoms with Crippen molar-refractivity contribution in [3.63, 3.8) is 0 Å².